The van der Waals surface area contributed by atoms with E-state index < -0.39 is 18.4 Å². The molecule has 0 N–H and O–H groups in total. The molecule has 0 atom stereocenters. The fourth-order valence-corrected chi connectivity index (χ4v) is 4.04. The molecule has 0 spiro atoms. The van der Waals surface area contributed by atoms with Crippen LogP contribution in [0.25, 0.3) is 6.08 Å². The number of benzene rings is 2. The van der Waals surface area contributed by atoms with Crippen LogP contribution < -0.4 is 9.84 Å². The number of thiocarbonyl (C=S) groups is 1. The standard InChI is InChI=1S/C19H13BrFNO4S2/c20-13-3-6-15(26-10-11-1-4-14(21)5-2-11)12(7-13)8-16-18(25)22(9-17(23)24)19(27)28-16/h1-8H,9-10H2,(H,23,24)/p-1/b16-8-. The van der Waals surface area contributed by atoms with Crippen molar-refractivity contribution in [1.29, 1.82) is 0 Å². The number of hydrogen-bond donors (Lipinski definition) is 0. The minimum absolute atomic E-state index is 0.157. The molecule has 144 valence electrons. The van der Waals surface area contributed by atoms with Gasteiger partial charge in [-0.1, -0.05) is 52.0 Å². The molecule has 9 heteroatoms. The molecule has 0 aromatic heterocycles. The lowest BCUT2D eigenvalue weighted by Crippen LogP contribution is -2.40. The molecule has 1 heterocycles. The Bertz CT molecular complexity index is 978. The highest BCUT2D eigenvalue weighted by Gasteiger charge is 2.32. The summed E-state index contributed by atoms with van der Waals surface area (Å²) in [5.74, 6) is -1.70. The molecule has 2 aromatic carbocycles. The van der Waals surface area contributed by atoms with Crippen molar-refractivity contribution in [2.45, 2.75) is 6.61 Å². The van der Waals surface area contributed by atoms with E-state index >= 15 is 0 Å². The molecule has 1 fully saturated rings. The van der Waals surface area contributed by atoms with Gasteiger partial charge in [0.05, 0.1) is 17.4 Å². The van der Waals surface area contributed by atoms with Gasteiger partial charge in [0.1, 0.15) is 22.5 Å². The highest BCUT2D eigenvalue weighted by Crippen LogP contribution is 2.35. The van der Waals surface area contributed by atoms with Crippen molar-refractivity contribution in [2.24, 2.45) is 0 Å². The van der Waals surface area contributed by atoms with Crippen LogP contribution in [0.15, 0.2) is 51.8 Å². The Balaban J connectivity index is 1.83. The summed E-state index contributed by atoms with van der Waals surface area (Å²) in [6, 6.07) is 11.2. The van der Waals surface area contributed by atoms with E-state index in [1.54, 1.807) is 36.4 Å². The van der Waals surface area contributed by atoms with Gasteiger partial charge < -0.3 is 14.6 Å². The van der Waals surface area contributed by atoms with Crippen LogP contribution in [0.4, 0.5) is 4.39 Å². The number of ether oxygens (including phenoxy) is 1. The molecule has 1 aliphatic rings. The van der Waals surface area contributed by atoms with Crippen LogP contribution in [0.1, 0.15) is 11.1 Å². The van der Waals surface area contributed by atoms with Gasteiger partial charge in [-0.05, 0) is 42.0 Å². The number of rotatable bonds is 6. The Morgan fingerprint density at radius 1 is 1.29 bits per heavy atom. The zero-order valence-corrected chi connectivity index (χ0v) is 17.4. The van der Waals surface area contributed by atoms with Crippen molar-refractivity contribution < 1.29 is 23.8 Å². The van der Waals surface area contributed by atoms with Gasteiger partial charge in [-0.15, -0.1) is 0 Å². The molecule has 2 aromatic rings. The van der Waals surface area contributed by atoms with Gasteiger partial charge in [-0.3, -0.25) is 9.69 Å². The van der Waals surface area contributed by atoms with E-state index in [0.29, 0.717) is 11.3 Å². The highest BCUT2D eigenvalue weighted by atomic mass is 79.9. The Morgan fingerprint density at radius 2 is 2.00 bits per heavy atom. The fourth-order valence-electron chi connectivity index (χ4n) is 2.41. The second kappa shape index (κ2) is 8.85. The van der Waals surface area contributed by atoms with Crippen LogP contribution in [0.5, 0.6) is 5.75 Å². The average Bonchev–Trinajstić information content (AvgIpc) is 2.89. The molecule has 1 amide bonds. The van der Waals surface area contributed by atoms with Gasteiger partial charge in [0, 0.05) is 10.0 Å². The monoisotopic (exact) mass is 480 g/mol. The normalized spacial score (nSPS) is 15.4. The van der Waals surface area contributed by atoms with Crippen LogP contribution in [-0.4, -0.2) is 27.6 Å². The van der Waals surface area contributed by atoms with E-state index in [4.69, 9.17) is 17.0 Å². The lowest BCUT2D eigenvalue weighted by Gasteiger charge is -2.14. The fraction of sp³-hybridized carbons (Fsp3) is 0.105. The van der Waals surface area contributed by atoms with Crippen LogP contribution in [0.3, 0.4) is 0 Å². The first-order valence-electron chi connectivity index (χ1n) is 7.95. The molecule has 3 rings (SSSR count). The first-order valence-corrected chi connectivity index (χ1v) is 9.97. The predicted molar refractivity (Wildman–Crippen MR) is 110 cm³/mol. The number of carbonyl (C=O) groups is 2. The van der Waals surface area contributed by atoms with Crippen LogP contribution >= 0.6 is 39.9 Å². The number of nitrogens with zero attached hydrogens (tertiary/aromatic N) is 1. The molecule has 5 nitrogen and oxygen atoms in total. The molecule has 0 bridgehead atoms. The van der Waals surface area contributed by atoms with Crippen LogP contribution in [0.2, 0.25) is 0 Å². The van der Waals surface area contributed by atoms with Gasteiger partial charge in [-0.2, -0.15) is 0 Å². The third kappa shape index (κ3) is 4.98. The largest absolute Gasteiger partial charge is 0.548 e. The van der Waals surface area contributed by atoms with Crippen LogP contribution in [0, 0.1) is 5.82 Å². The Morgan fingerprint density at radius 3 is 2.68 bits per heavy atom. The minimum Gasteiger partial charge on any atom is -0.548 e. The summed E-state index contributed by atoms with van der Waals surface area (Å²) >= 11 is 9.47. The second-order valence-corrected chi connectivity index (χ2v) is 8.33. The van der Waals surface area contributed by atoms with Crippen molar-refractivity contribution in [3.63, 3.8) is 0 Å². The van der Waals surface area contributed by atoms with E-state index in [-0.39, 0.29) is 21.6 Å². The highest BCUT2D eigenvalue weighted by molar-refractivity contribution is 9.10. The predicted octanol–water partition coefficient (Wildman–Crippen LogP) is 3.12. The summed E-state index contributed by atoms with van der Waals surface area (Å²) in [5.41, 5.74) is 1.40. The van der Waals surface area contributed by atoms with Gasteiger partial charge in [0.25, 0.3) is 5.91 Å². The summed E-state index contributed by atoms with van der Waals surface area (Å²) in [4.78, 5) is 24.5. The van der Waals surface area contributed by atoms with Gasteiger partial charge >= 0.3 is 0 Å². The number of carboxylic acid groups (broad SMARTS) is 1. The van der Waals surface area contributed by atoms with Gasteiger partial charge in [0.15, 0.2) is 0 Å². The maximum atomic E-state index is 13.0. The molecule has 28 heavy (non-hydrogen) atoms. The van der Waals surface area contributed by atoms with Crippen molar-refractivity contribution in [2.75, 3.05) is 6.54 Å². The first kappa shape index (κ1) is 20.5. The smallest absolute Gasteiger partial charge is 0.266 e. The maximum Gasteiger partial charge on any atom is 0.266 e. The summed E-state index contributed by atoms with van der Waals surface area (Å²) in [5, 5.41) is 10.8. The summed E-state index contributed by atoms with van der Waals surface area (Å²) in [6.45, 7) is -0.372. The quantitative estimate of drug-likeness (QED) is 0.467. The third-order valence-corrected chi connectivity index (χ3v) is 5.60. The number of thioether (sulfide) groups is 1. The van der Waals surface area contributed by atoms with E-state index in [9.17, 15) is 19.1 Å². The zero-order valence-electron chi connectivity index (χ0n) is 14.2. The number of carboxylic acids is 1. The SMILES string of the molecule is O=C([O-])CN1C(=O)/C(=C/c2cc(Br)ccc2OCc2ccc(F)cc2)SC1=S. The molecule has 1 saturated heterocycles. The number of hydrogen-bond acceptors (Lipinski definition) is 6. The van der Waals surface area contributed by atoms with Crippen LogP contribution in [-0.2, 0) is 16.2 Å². The molecule has 1 aliphatic heterocycles. The zero-order chi connectivity index (χ0) is 20.3. The van der Waals surface area contributed by atoms with Gasteiger partial charge in [0.2, 0.25) is 0 Å². The van der Waals surface area contributed by atoms with E-state index in [1.807, 2.05) is 0 Å². The summed E-state index contributed by atoms with van der Waals surface area (Å²) in [6.07, 6.45) is 1.60. The molecule has 0 unspecified atom stereocenters. The molecular formula is C19H12BrFNO4S2-. The minimum atomic E-state index is -1.39. The summed E-state index contributed by atoms with van der Waals surface area (Å²) < 4.78 is 19.8. The van der Waals surface area contributed by atoms with E-state index in [0.717, 1.165) is 26.7 Å². The molecule has 0 aliphatic carbocycles. The van der Waals surface area contributed by atoms with Crippen molar-refractivity contribution in [3.05, 3.63) is 68.8 Å². The topological polar surface area (TPSA) is 69.7 Å². The van der Waals surface area contributed by atoms with E-state index in [2.05, 4.69) is 15.9 Å². The Labute approximate surface area is 178 Å². The van der Waals surface area contributed by atoms with Crippen molar-refractivity contribution in [3.8, 4) is 5.75 Å². The number of aliphatic carboxylic acids is 1. The third-order valence-electron chi connectivity index (χ3n) is 3.73. The lowest BCUT2D eigenvalue weighted by molar-refractivity contribution is -0.305. The van der Waals surface area contributed by atoms with Crippen molar-refractivity contribution >= 4 is 62.2 Å². The van der Waals surface area contributed by atoms with E-state index in [1.165, 1.54) is 12.1 Å². The molecule has 0 radical (unpaired) electrons. The number of carbonyl (C=O) groups excluding carboxylic acids is 2. The average molecular weight is 481 g/mol. The number of halogens is 2. The second-order valence-electron chi connectivity index (χ2n) is 5.74. The first-order chi connectivity index (χ1) is 13.3. The summed E-state index contributed by atoms with van der Waals surface area (Å²) in [7, 11) is 0. The maximum absolute atomic E-state index is 13.0. The lowest BCUT2D eigenvalue weighted by atomic mass is 10.1. The molecular weight excluding hydrogens is 469 g/mol. The Kier molecular flexibility index (Phi) is 6.48. The Hall–Kier alpha value is -2.23. The molecule has 0 saturated carbocycles. The van der Waals surface area contributed by atoms with Gasteiger partial charge in [-0.25, -0.2) is 4.39 Å². The number of amides is 1. The van der Waals surface area contributed by atoms with Crippen molar-refractivity contribution in [1.82, 2.24) is 4.90 Å².